The quantitative estimate of drug-likeness (QED) is 0.425. The van der Waals surface area contributed by atoms with Gasteiger partial charge in [-0.1, -0.05) is 28.1 Å². The molecular formula is C19H11BrN4O. The number of imidazole rings is 1. The summed E-state index contributed by atoms with van der Waals surface area (Å²) in [6.45, 7) is 0. The lowest BCUT2D eigenvalue weighted by atomic mass is 10.3. The van der Waals surface area contributed by atoms with Crippen molar-refractivity contribution in [2.75, 3.05) is 0 Å². The van der Waals surface area contributed by atoms with Gasteiger partial charge in [0.2, 0.25) is 0 Å². The van der Waals surface area contributed by atoms with Crippen molar-refractivity contribution in [2.24, 2.45) is 0 Å². The van der Waals surface area contributed by atoms with Crippen molar-refractivity contribution < 1.29 is 4.42 Å². The minimum atomic E-state index is 0.591. The molecule has 0 unspecified atom stereocenters. The van der Waals surface area contributed by atoms with Crippen molar-refractivity contribution in [2.45, 2.75) is 0 Å². The van der Waals surface area contributed by atoms with E-state index in [-0.39, 0.29) is 0 Å². The Hall–Kier alpha value is -2.99. The molecule has 0 spiro atoms. The topological polar surface area (TPSA) is 56.7 Å². The maximum atomic E-state index is 5.58. The van der Waals surface area contributed by atoms with Crippen LogP contribution in [0.1, 0.15) is 0 Å². The molecule has 5 nitrogen and oxygen atoms in total. The monoisotopic (exact) mass is 390 g/mol. The van der Waals surface area contributed by atoms with Gasteiger partial charge in [0.1, 0.15) is 0 Å². The van der Waals surface area contributed by atoms with Gasteiger partial charge in [0.05, 0.1) is 17.3 Å². The van der Waals surface area contributed by atoms with E-state index in [1.54, 1.807) is 6.26 Å². The van der Waals surface area contributed by atoms with E-state index in [9.17, 15) is 0 Å². The molecule has 0 atom stereocenters. The molecule has 0 radical (unpaired) electrons. The van der Waals surface area contributed by atoms with Crippen molar-refractivity contribution in [3.8, 4) is 17.3 Å². The van der Waals surface area contributed by atoms with E-state index < -0.39 is 0 Å². The predicted octanol–water partition coefficient (Wildman–Crippen LogP) is 4.99. The number of aromatic nitrogens is 4. The molecule has 0 saturated heterocycles. The zero-order valence-corrected chi connectivity index (χ0v) is 14.5. The van der Waals surface area contributed by atoms with E-state index in [0.29, 0.717) is 22.9 Å². The fourth-order valence-electron chi connectivity index (χ4n) is 2.86. The smallest absolute Gasteiger partial charge is 0.199 e. The van der Waals surface area contributed by atoms with Crippen LogP contribution >= 0.6 is 15.9 Å². The number of para-hydroxylation sites is 2. The summed E-state index contributed by atoms with van der Waals surface area (Å²) >= 11 is 3.48. The van der Waals surface area contributed by atoms with Crippen LogP contribution in [0, 0.1) is 0 Å². The van der Waals surface area contributed by atoms with Gasteiger partial charge in [-0.2, -0.15) is 0 Å². The Morgan fingerprint density at radius 3 is 2.28 bits per heavy atom. The second-order valence-electron chi connectivity index (χ2n) is 5.58. The number of benzene rings is 2. The van der Waals surface area contributed by atoms with Gasteiger partial charge in [0.15, 0.2) is 22.9 Å². The maximum absolute atomic E-state index is 5.58. The normalized spacial score (nSPS) is 11.4. The van der Waals surface area contributed by atoms with Crippen LogP contribution in [0.2, 0.25) is 0 Å². The summed E-state index contributed by atoms with van der Waals surface area (Å²) in [5, 5.41) is 0. The third-order valence-corrected chi connectivity index (χ3v) is 4.52. The molecule has 25 heavy (non-hydrogen) atoms. The first-order valence-corrected chi connectivity index (χ1v) is 8.54. The average Bonchev–Trinajstić information content (AvgIpc) is 3.28. The van der Waals surface area contributed by atoms with Crippen LogP contribution in [0.4, 0.5) is 0 Å². The lowest BCUT2D eigenvalue weighted by Crippen LogP contribution is -1.98. The highest BCUT2D eigenvalue weighted by Gasteiger charge is 2.19. The highest BCUT2D eigenvalue weighted by atomic mass is 79.9. The molecule has 2 aromatic carbocycles. The van der Waals surface area contributed by atoms with E-state index in [1.165, 1.54) is 0 Å². The SMILES string of the molecule is Brc1ccc(-n2c(-c3ccco3)nc3nc4ccccc4nc32)cc1. The first kappa shape index (κ1) is 14.4. The molecule has 5 aromatic rings. The van der Waals surface area contributed by atoms with Crippen LogP contribution in [0.5, 0.6) is 0 Å². The Kier molecular flexibility index (Phi) is 3.18. The minimum absolute atomic E-state index is 0.591. The van der Waals surface area contributed by atoms with Crippen LogP contribution < -0.4 is 0 Å². The summed E-state index contributed by atoms with van der Waals surface area (Å²) in [6.07, 6.45) is 1.64. The van der Waals surface area contributed by atoms with Gasteiger partial charge in [-0.25, -0.2) is 15.0 Å². The second kappa shape index (κ2) is 5.53. The molecule has 0 fully saturated rings. The van der Waals surface area contributed by atoms with Crippen molar-refractivity contribution in [1.29, 1.82) is 0 Å². The summed E-state index contributed by atoms with van der Waals surface area (Å²) in [5.74, 6) is 1.35. The van der Waals surface area contributed by atoms with Crippen molar-refractivity contribution in [3.05, 3.63) is 71.4 Å². The molecule has 6 heteroatoms. The minimum Gasteiger partial charge on any atom is -0.461 e. The summed E-state index contributed by atoms with van der Waals surface area (Å²) in [7, 11) is 0. The molecule has 0 N–H and O–H groups in total. The van der Waals surface area contributed by atoms with E-state index in [4.69, 9.17) is 9.40 Å². The number of fused-ring (bicyclic) bond motifs is 2. The summed E-state index contributed by atoms with van der Waals surface area (Å²) in [5.41, 5.74) is 3.89. The molecule has 0 aliphatic rings. The van der Waals surface area contributed by atoms with Gasteiger partial charge < -0.3 is 4.42 Å². The van der Waals surface area contributed by atoms with Gasteiger partial charge in [0, 0.05) is 10.2 Å². The zero-order chi connectivity index (χ0) is 16.8. The predicted molar refractivity (Wildman–Crippen MR) is 99.6 cm³/mol. The molecule has 5 rings (SSSR count). The Balaban J connectivity index is 1.89. The van der Waals surface area contributed by atoms with E-state index in [1.807, 2.05) is 65.2 Å². The highest BCUT2D eigenvalue weighted by Crippen LogP contribution is 2.29. The van der Waals surface area contributed by atoms with Crippen LogP contribution in [-0.2, 0) is 0 Å². The number of hydrogen-bond donors (Lipinski definition) is 0. The number of nitrogens with zero attached hydrogens (tertiary/aromatic N) is 4. The van der Waals surface area contributed by atoms with E-state index in [0.717, 1.165) is 21.2 Å². The van der Waals surface area contributed by atoms with Crippen LogP contribution in [0.15, 0.2) is 75.8 Å². The molecule has 0 bridgehead atoms. The third-order valence-electron chi connectivity index (χ3n) is 4.00. The molecule has 3 heterocycles. The number of rotatable bonds is 2. The first-order valence-electron chi connectivity index (χ1n) is 7.75. The summed E-state index contributed by atoms with van der Waals surface area (Å²) in [6, 6.07) is 19.5. The van der Waals surface area contributed by atoms with Gasteiger partial charge in [-0.3, -0.25) is 4.57 Å². The zero-order valence-electron chi connectivity index (χ0n) is 12.9. The van der Waals surface area contributed by atoms with E-state index >= 15 is 0 Å². The fraction of sp³-hybridized carbons (Fsp3) is 0. The van der Waals surface area contributed by atoms with Crippen LogP contribution in [0.3, 0.4) is 0 Å². The Morgan fingerprint density at radius 2 is 1.56 bits per heavy atom. The highest BCUT2D eigenvalue weighted by molar-refractivity contribution is 9.10. The van der Waals surface area contributed by atoms with Crippen molar-refractivity contribution in [1.82, 2.24) is 19.5 Å². The van der Waals surface area contributed by atoms with Gasteiger partial charge >= 0.3 is 0 Å². The lowest BCUT2D eigenvalue weighted by molar-refractivity contribution is 0.576. The molecule has 120 valence electrons. The third kappa shape index (κ3) is 2.34. The van der Waals surface area contributed by atoms with E-state index in [2.05, 4.69) is 25.9 Å². The van der Waals surface area contributed by atoms with Gasteiger partial charge in [-0.05, 0) is 48.5 Å². The average molecular weight is 391 g/mol. The lowest BCUT2D eigenvalue weighted by Gasteiger charge is -2.07. The molecule has 3 aromatic heterocycles. The summed E-state index contributed by atoms with van der Waals surface area (Å²) in [4.78, 5) is 14.1. The van der Waals surface area contributed by atoms with Crippen LogP contribution in [0.25, 0.3) is 39.6 Å². The molecular weight excluding hydrogens is 380 g/mol. The number of halogens is 1. The molecule has 0 amide bonds. The largest absolute Gasteiger partial charge is 0.461 e. The molecule has 0 aliphatic heterocycles. The number of furan rings is 1. The summed E-state index contributed by atoms with van der Waals surface area (Å²) < 4.78 is 8.57. The molecule has 0 saturated carbocycles. The fourth-order valence-corrected chi connectivity index (χ4v) is 3.13. The Labute approximate surface area is 151 Å². The van der Waals surface area contributed by atoms with Gasteiger partial charge in [0.25, 0.3) is 0 Å². The second-order valence-corrected chi connectivity index (χ2v) is 6.50. The van der Waals surface area contributed by atoms with Gasteiger partial charge in [-0.15, -0.1) is 0 Å². The molecule has 0 aliphatic carbocycles. The van der Waals surface area contributed by atoms with Crippen LogP contribution in [-0.4, -0.2) is 19.5 Å². The first-order chi connectivity index (χ1) is 12.3. The van der Waals surface area contributed by atoms with Crippen molar-refractivity contribution in [3.63, 3.8) is 0 Å². The standard InChI is InChI=1S/C19H11BrN4O/c20-12-7-9-13(10-8-12)24-18(16-6-3-11-25-16)23-17-19(24)22-15-5-2-1-4-14(15)21-17/h1-11H. The Morgan fingerprint density at radius 1 is 0.800 bits per heavy atom. The van der Waals surface area contributed by atoms with Crippen molar-refractivity contribution >= 4 is 38.3 Å². The maximum Gasteiger partial charge on any atom is 0.199 e. The Bertz CT molecular complexity index is 1190. The number of hydrogen-bond acceptors (Lipinski definition) is 4.